The molecule has 0 saturated carbocycles. The van der Waals surface area contributed by atoms with Gasteiger partial charge in [0.15, 0.2) is 12.6 Å². The normalized spacial score (nSPS) is 20.8. The Hall–Kier alpha value is -2.29. The van der Waals surface area contributed by atoms with Crippen LogP contribution >= 0.6 is 11.6 Å². The highest BCUT2D eigenvalue weighted by molar-refractivity contribution is 6.30. The number of Topliss-reactive ketones (excluding diaryl/α,β-unsaturated/α-hetero) is 1. The number of benzene rings is 2. The average Bonchev–Trinajstić information content (AvgIpc) is 2.99. The lowest BCUT2D eigenvalue weighted by Gasteiger charge is -2.41. The van der Waals surface area contributed by atoms with Crippen LogP contribution in [0.15, 0.2) is 36.4 Å². The summed E-state index contributed by atoms with van der Waals surface area (Å²) >= 11 is 6.03. The molecule has 1 atom stereocenters. The van der Waals surface area contributed by atoms with Crippen molar-refractivity contribution in [2.24, 2.45) is 0 Å². The number of hydrogen-bond acceptors (Lipinski definition) is 6. The lowest BCUT2D eigenvalue weighted by atomic mass is 9.78. The van der Waals surface area contributed by atoms with E-state index >= 15 is 0 Å². The Morgan fingerprint density at radius 1 is 1.00 bits per heavy atom. The fraction of sp³-hybridized carbons (Fsp3) is 0.440. The summed E-state index contributed by atoms with van der Waals surface area (Å²) in [5.41, 5.74) is 3.55. The molecule has 2 heterocycles. The second-order valence-corrected chi connectivity index (χ2v) is 9.08. The number of halogens is 1. The molecule has 8 heteroatoms. The van der Waals surface area contributed by atoms with Crippen LogP contribution in [-0.4, -0.2) is 61.5 Å². The first kappa shape index (κ1) is 23.9. The van der Waals surface area contributed by atoms with Crippen LogP contribution in [0.25, 0.3) is 11.1 Å². The Morgan fingerprint density at radius 3 is 2.15 bits per heavy atom. The van der Waals surface area contributed by atoms with Crippen molar-refractivity contribution < 1.29 is 24.0 Å². The zero-order valence-corrected chi connectivity index (χ0v) is 20.1. The topological polar surface area (TPSA) is 68.3 Å². The maximum atomic E-state index is 13.9. The summed E-state index contributed by atoms with van der Waals surface area (Å²) in [5.74, 6) is -1.37. The molecule has 1 amide bonds. The third-order valence-corrected chi connectivity index (χ3v) is 6.98. The van der Waals surface area contributed by atoms with E-state index in [1.54, 1.807) is 12.2 Å². The Bertz CT molecular complexity index is 1020. The average molecular weight is 473 g/mol. The molecule has 0 N–H and O–H groups in total. The first-order valence-electron chi connectivity index (χ1n) is 11.0. The minimum absolute atomic E-state index is 0.102. The number of hydroxylamine groups is 4. The molecule has 2 saturated heterocycles. The summed E-state index contributed by atoms with van der Waals surface area (Å²) in [4.78, 5) is 38.5. The Morgan fingerprint density at radius 2 is 1.61 bits per heavy atom. The molecule has 7 nitrogen and oxygen atoms in total. The predicted molar refractivity (Wildman–Crippen MR) is 124 cm³/mol. The van der Waals surface area contributed by atoms with E-state index in [1.165, 1.54) is 12.2 Å². The number of nitrogens with zero attached hydrogens (tertiary/aromatic N) is 2. The summed E-state index contributed by atoms with van der Waals surface area (Å²) in [7, 11) is 3.10. The maximum absolute atomic E-state index is 13.9. The number of methoxy groups -OCH3 is 1. The van der Waals surface area contributed by atoms with E-state index < -0.39 is 11.5 Å². The van der Waals surface area contributed by atoms with Gasteiger partial charge in [-0.05, 0) is 66.6 Å². The minimum atomic E-state index is -1.02. The Balaban J connectivity index is 1.73. The van der Waals surface area contributed by atoms with Crippen LogP contribution in [0.1, 0.15) is 35.4 Å². The highest BCUT2D eigenvalue weighted by Gasteiger charge is 2.61. The highest BCUT2D eigenvalue weighted by atomic mass is 35.5. The summed E-state index contributed by atoms with van der Waals surface area (Å²) in [6.07, 6.45) is 0.874. The molecule has 1 spiro atoms. The molecule has 176 valence electrons. The highest BCUT2D eigenvalue weighted by Crippen LogP contribution is 2.45. The second-order valence-electron chi connectivity index (χ2n) is 8.64. The number of carbonyl (C=O) groups is 2. The summed E-state index contributed by atoms with van der Waals surface area (Å²) in [6.45, 7) is 4.85. The monoisotopic (exact) mass is 472 g/mol. The quantitative estimate of drug-likeness (QED) is 0.466. The van der Waals surface area contributed by atoms with E-state index in [0.29, 0.717) is 31.0 Å². The molecule has 0 radical (unpaired) electrons. The molecule has 2 aromatic carbocycles. The van der Waals surface area contributed by atoms with Crippen molar-refractivity contribution in [3.8, 4) is 11.1 Å². The van der Waals surface area contributed by atoms with Gasteiger partial charge in [-0.3, -0.25) is 9.59 Å². The van der Waals surface area contributed by atoms with E-state index in [-0.39, 0.29) is 18.5 Å². The van der Waals surface area contributed by atoms with Crippen molar-refractivity contribution in [1.29, 1.82) is 0 Å². The molecule has 2 fully saturated rings. The second kappa shape index (κ2) is 9.52. The number of rotatable bonds is 6. The number of amides is 1. The van der Waals surface area contributed by atoms with Gasteiger partial charge < -0.3 is 9.57 Å². The van der Waals surface area contributed by atoms with Crippen LogP contribution in [-0.2, 0) is 24.0 Å². The van der Waals surface area contributed by atoms with Crippen LogP contribution in [0.5, 0.6) is 0 Å². The molecule has 0 bridgehead atoms. The van der Waals surface area contributed by atoms with E-state index in [1.807, 2.05) is 50.2 Å². The largest absolute Gasteiger partial charge is 0.356 e. The van der Waals surface area contributed by atoms with E-state index in [9.17, 15) is 9.59 Å². The standard InChI is InChI=1S/C25H29ClN2O5/c1-16-13-19(18-5-7-20(26)8-6-18)14-17(2)21(16)22-23(29)25(9-11-27(32-4)12-10-25)28(24(22)30)33-15-31-3/h5-8,13-14,22H,9-12,15H2,1-4H3. The van der Waals surface area contributed by atoms with E-state index in [2.05, 4.69) is 0 Å². The third kappa shape index (κ3) is 4.20. The van der Waals surface area contributed by atoms with Crippen LogP contribution in [0.4, 0.5) is 0 Å². The molecule has 4 rings (SSSR count). The van der Waals surface area contributed by atoms with E-state index in [4.69, 9.17) is 26.0 Å². The molecule has 2 aliphatic rings. The zero-order chi connectivity index (χ0) is 23.8. The minimum Gasteiger partial charge on any atom is -0.356 e. The third-order valence-electron chi connectivity index (χ3n) is 6.72. The van der Waals surface area contributed by atoms with Crippen molar-refractivity contribution in [3.63, 3.8) is 0 Å². The molecule has 1 unspecified atom stereocenters. The predicted octanol–water partition coefficient (Wildman–Crippen LogP) is 4.05. The molecule has 2 aliphatic heterocycles. The van der Waals surface area contributed by atoms with Gasteiger partial charge in [0.1, 0.15) is 11.5 Å². The fourth-order valence-corrected chi connectivity index (χ4v) is 5.21. The van der Waals surface area contributed by atoms with E-state index in [0.717, 1.165) is 27.8 Å². The number of carbonyl (C=O) groups excluding carboxylic acids is 2. The Kier molecular flexibility index (Phi) is 6.88. The number of hydrogen-bond donors (Lipinski definition) is 0. The van der Waals surface area contributed by atoms with Gasteiger partial charge in [-0.25, -0.2) is 9.90 Å². The summed E-state index contributed by atoms with van der Waals surface area (Å²) in [5, 5.41) is 3.75. The van der Waals surface area contributed by atoms with Crippen LogP contribution < -0.4 is 0 Å². The Labute approximate surface area is 199 Å². The SMILES string of the molecule is COCON1C(=O)C(c2c(C)cc(-c3ccc(Cl)cc3)cc2C)C(=O)C12CCN(OC)CC2. The lowest BCUT2D eigenvalue weighted by molar-refractivity contribution is -0.256. The van der Waals surface area contributed by atoms with Crippen molar-refractivity contribution in [2.45, 2.75) is 38.1 Å². The van der Waals surface area contributed by atoms with Gasteiger partial charge in [-0.15, -0.1) is 0 Å². The number of ketones is 1. The molecular formula is C25H29ClN2O5. The van der Waals surface area contributed by atoms with Gasteiger partial charge in [0.2, 0.25) is 0 Å². The van der Waals surface area contributed by atoms with Gasteiger partial charge in [0.05, 0.1) is 7.11 Å². The van der Waals surface area contributed by atoms with Crippen LogP contribution in [0.3, 0.4) is 0 Å². The van der Waals surface area contributed by atoms with Gasteiger partial charge in [0, 0.05) is 25.2 Å². The fourth-order valence-electron chi connectivity index (χ4n) is 5.08. The zero-order valence-electron chi connectivity index (χ0n) is 19.4. The number of aryl methyl sites for hydroxylation is 2. The molecular weight excluding hydrogens is 444 g/mol. The maximum Gasteiger partial charge on any atom is 0.262 e. The molecule has 33 heavy (non-hydrogen) atoms. The van der Waals surface area contributed by atoms with Crippen molar-refractivity contribution in [2.75, 3.05) is 34.1 Å². The van der Waals surface area contributed by atoms with Gasteiger partial charge in [0.25, 0.3) is 5.91 Å². The van der Waals surface area contributed by atoms with Crippen LogP contribution in [0, 0.1) is 13.8 Å². The number of piperidine rings is 1. The van der Waals surface area contributed by atoms with Crippen molar-refractivity contribution >= 4 is 23.3 Å². The summed E-state index contributed by atoms with van der Waals surface area (Å²) < 4.78 is 5.05. The van der Waals surface area contributed by atoms with Crippen molar-refractivity contribution in [1.82, 2.24) is 10.1 Å². The van der Waals surface area contributed by atoms with Gasteiger partial charge in [-0.1, -0.05) is 35.9 Å². The van der Waals surface area contributed by atoms with Gasteiger partial charge >= 0.3 is 0 Å². The lowest BCUT2D eigenvalue weighted by Crippen LogP contribution is -2.56. The van der Waals surface area contributed by atoms with Crippen LogP contribution in [0.2, 0.25) is 5.02 Å². The molecule has 2 aromatic rings. The van der Waals surface area contributed by atoms with Gasteiger partial charge in [-0.2, -0.15) is 5.06 Å². The first-order valence-corrected chi connectivity index (χ1v) is 11.4. The smallest absolute Gasteiger partial charge is 0.262 e. The first-order chi connectivity index (χ1) is 15.8. The number of ether oxygens (including phenoxy) is 1. The molecule has 0 aliphatic carbocycles. The molecule has 0 aromatic heterocycles. The summed E-state index contributed by atoms with van der Waals surface area (Å²) in [6, 6.07) is 11.7. The van der Waals surface area contributed by atoms with Crippen molar-refractivity contribution in [3.05, 3.63) is 58.1 Å².